The molecule has 0 atom stereocenters. The summed E-state index contributed by atoms with van der Waals surface area (Å²) in [7, 11) is 0. The molecule has 54 valence electrons. The van der Waals surface area contributed by atoms with Crippen LogP contribution in [-0.2, 0) is 0 Å². The maximum Gasteiger partial charge on any atom is 0.512 e. The molecular formula is C6H7NO3. The Bertz CT molecular complexity index is 241. The Balaban J connectivity index is 2.74. The Morgan fingerprint density at radius 1 is 1.80 bits per heavy atom. The minimum Gasteiger partial charge on any atom is -0.449 e. The Morgan fingerprint density at radius 2 is 2.50 bits per heavy atom. The highest BCUT2D eigenvalue weighted by molar-refractivity contribution is 5.60. The van der Waals surface area contributed by atoms with E-state index in [4.69, 9.17) is 5.11 Å². The zero-order chi connectivity index (χ0) is 7.56. The molecule has 0 aromatic carbocycles. The summed E-state index contributed by atoms with van der Waals surface area (Å²) in [5, 5.41) is 8.17. The third-order valence-corrected chi connectivity index (χ3v) is 1.10. The van der Waals surface area contributed by atoms with Gasteiger partial charge in [-0.15, -0.1) is 0 Å². The van der Waals surface area contributed by atoms with Crippen molar-refractivity contribution in [3.05, 3.63) is 17.8 Å². The van der Waals surface area contributed by atoms with Crippen LogP contribution in [0.2, 0.25) is 0 Å². The van der Waals surface area contributed by atoms with E-state index in [2.05, 4.69) is 9.72 Å². The number of hydrogen-bond acceptors (Lipinski definition) is 2. The Kier molecular flexibility index (Phi) is 1.62. The fraction of sp³-hybridized carbons (Fsp3) is 0.167. The van der Waals surface area contributed by atoms with Crippen LogP contribution in [-0.4, -0.2) is 16.2 Å². The summed E-state index contributed by atoms with van der Waals surface area (Å²) in [6.45, 7) is 1.76. The molecule has 0 fully saturated rings. The maximum absolute atomic E-state index is 9.98. The van der Waals surface area contributed by atoms with Crippen LogP contribution in [0.1, 0.15) is 5.56 Å². The van der Waals surface area contributed by atoms with Gasteiger partial charge in [-0.25, -0.2) is 4.79 Å². The molecule has 4 heteroatoms. The van der Waals surface area contributed by atoms with Crippen molar-refractivity contribution in [2.45, 2.75) is 6.92 Å². The lowest BCUT2D eigenvalue weighted by Crippen LogP contribution is -2.03. The van der Waals surface area contributed by atoms with Gasteiger partial charge in [0.1, 0.15) is 0 Å². The minimum absolute atomic E-state index is 0.285. The van der Waals surface area contributed by atoms with Crippen LogP contribution in [0.15, 0.2) is 12.3 Å². The van der Waals surface area contributed by atoms with Crippen molar-refractivity contribution < 1.29 is 14.6 Å². The SMILES string of the molecule is Cc1cc[nH]c1OC(=O)O. The molecule has 0 radical (unpaired) electrons. The first kappa shape index (κ1) is 6.67. The maximum atomic E-state index is 9.98. The normalized spacial score (nSPS) is 9.30. The molecule has 10 heavy (non-hydrogen) atoms. The van der Waals surface area contributed by atoms with E-state index in [1.165, 1.54) is 0 Å². The zero-order valence-electron chi connectivity index (χ0n) is 5.42. The van der Waals surface area contributed by atoms with E-state index in [1.807, 2.05) is 0 Å². The molecular weight excluding hydrogens is 134 g/mol. The standard InChI is InChI=1S/C6H7NO3/c1-4-2-3-7-5(4)10-6(8)9/h2-3,7H,1H3,(H,8,9). The summed E-state index contributed by atoms with van der Waals surface area (Å²) in [6, 6.07) is 1.73. The van der Waals surface area contributed by atoms with Crippen LogP contribution < -0.4 is 4.74 Å². The minimum atomic E-state index is -1.30. The third-order valence-electron chi connectivity index (χ3n) is 1.10. The van der Waals surface area contributed by atoms with E-state index in [9.17, 15) is 4.79 Å². The first-order chi connectivity index (χ1) is 4.70. The average Bonchev–Trinajstić information content (AvgIpc) is 2.15. The monoisotopic (exact) mass is 141 g/mol. The summed E-state index contributed by atoms with van der Waals surface area (Å²) in [5.74, 6) is 0.285. The molecule has 2 N–H and O–H groups in total. The molecule has 0 saturated heterocycles. The Morgan fingerprint density at radius 3 is 2.90 bits per heavy atom. The largest absolute Gasteiger partial charge is 0.512 e. The average molecular weight is 141 g/mol. The molecule has 0 aliphatic carbocycles. The van der Waals surface area contributed by atoms with E-state index < -0.39 is 6.16 Å². The van der Waals surface area contributed by atoms with Crippen molar-refractivity contribution in [2.24, 2.45) is 0 Å². The fourth-order valence-corrected chi connectivity index (χ4v) is 0.629. The van der Waals surface area contributed by atoms with Crippen molar-refractivity contribution in [1.29, 1.82) is 0 Å². The summed E-state index contributed by atoms with van der Waals surface area (Å²) in [6.07, 6.45) is 0.318. The predicted molar refractivity (Wildman–Crippen MR) is 34.2 cm³/mol. The number of carboxylic acid groups (broad SMARTS) is 1. The van der Waals surface area contributed by atoms with E-state index in [1.54, 1.807) is 19.2 Å². The summed E-state index contributed by atoms with van der Waals surface area (Å²) < 4.78 is 4.35. The van der Waals surface area contributed by atoms with Gasteiger partial charge in [0, 0.05) is 11.8 Å². The lowest BCUT2D eigenvalue weighted by molar-refractivity contribution is 0.142. The van der Waals surface area contributed by atoms with Crippen LogP contribution in [0.4, 0.5) is 4.79 Å². The smallest absolute Gasteiger partial charge is 0.449 e. The van der Waals surface area contributed by atoms with Gasteiger partial charge in [-0.05, 0) is 13.0 Å². The van der Waals surface area contributed by atoms with Crippen molar-refractivity contribution in [3.8, 4) is 5.88 Å². The number of rotatable bonds is 1. The van der Waals surface area contributed by atoms with Gasteiger partial charge in [0.05, 0.1) is 0 Å². The van der Waals surface area contributed by atoms with Gasteiger partial charge in [-0.1, -0.05) is 0 Å². The molecule has 0 bridgehead atoms. The molecule has 0 saturated carbocycles. The van der Waals surface area contributed by atoms with E-state index in [-0.39, 0.29) is 5.88 Å². The second-order valence-corrected chi connectivity index (χ2v) is 1.86. The number of aromatic nitrogens is 1. The molecule has 4 nitrogen and oxygen atoms in total. The Labute approximate surface area is 57.4 Å². The summed E-state index contributed by atoms with van der Waals surface area (Å²) >= 11 is 0. The number of nitrogens with one attached hydrogen (secondary N) is 1. The van der Waals surface area contributed by atoms with Gasteiger partial charge in [0.2, 0.25) is 5.88 Å². The molecule has 0 spiro atoms. The zero-order valence-corrected chi connectivity index (χ0v) is 5.42. The molecule has 0 aliphatic heterocycles. The van der Waals surface area contributed by atoms with Crippen LogP contribution >= 0.6 is 0 Å². The van der Waals surface area contributed by atoms with Gasteiger partial charge in [0.25, 0.3) is 0 Å². The predicted octanol–water partition coefficient (Wildman–Crippen LogP) is 1.38. The fourth-order valence-electron chi connectivity index (χ4n) is 0.629. The number of aromatic amines is 1. The highest BCUT2D eigenvalue weighted by atomic mass is 16.7. The number of ether oxygens (including phenoxy) is 1. The van der Waals surface area contributed by atoms with E-state index >= 15 is 0 Å². The van der Waals surface area contributed by atoms with Gasteiger partial charge in [0.15, 0.2) is 0 Å². The van der Waals surface area contributed by atoms with Gasteiger partial charge in [-0.2, -0.15) is 0 Å². The lowest BCUT2D eigenvalue weighted by atomic mass is 10.4. The topological polar surface area (TPSA) is 62.3 Å². The second-order valence-electron chi connectivity index (χ2n) is 1.86. The summed E-state index contributed by atoms with van der Waals surface area (Å²) in [5.41, 5.74) is 0.780. The molecule has 0 amide bonds. The number of aryl methyl sites for hydroxylation is 1. The highest BCUT2D eigenvalue weighted by Crippen LogP contribution is 2.12. The first-order valence-corrected chi connectivity index (χ1v) is 2.75. The molecule has 0 aliphatic rings. The quantitative estimate of drug-likeness (QED) is 0.580. The van der Waals surface area contributed by atoms with Crippen LogP contribution in [0.5, 0.6) is 5.88 Å². The van der Waals surface area contributed by atoms with Crippen molar-refractivity contribution in [3.63, 3.8) is 0 Å². The lowest BCUT2D eigenvalue weighted by Gasteiger charge is -1.95. The second kappa shape index (κ2) is 2.43. The van der Waals surface area contributed by atoms with Gasteiger partial charge in [-0.3, -0.25) is 0 Å². The van der Waals surface area contributed by atoms with Crippen LogP contribution in [0, 0.1) is 6.92 Å². The van der Waals surface area contributed by atoms with E-state index in [0.717, 1.165) is 5.56 Å². The van der Waals surface area contributed by atoms with Gasteiger partial charge >= 0.3 is 6.16 Å². The molecule has 0 unspecified atom stereocenters. The van der Waals surface area contributed by atoms with Crippen LogP contribution in [0.3, 0.4) is 0 Å². The van der Waals surface area contributed by atoms with Crippen molar-refractivity contribution in [1.82, 2.24) is 4.98 Å². The summed E-state index contributed by atoms with van der Waals surface area (Å²) in [4.78, 5) is 12.6. The molecule has 1 aromatic rings. The molecule has 1 rings (SSSR count). The van der Waals surface area contributed by atoms with E-state index in [0.29, 0.717) is 0 Å². The number of H-pyrrole nitrogens is 1. The first-order valence-electron chi connectivity index (χ1n) is 2.75. The Hall–Kier alpha value is -1.45. The highest BCUT2D eigenvalue weighted by Gasteiger charge is 2.03. The van der Waals surface area contributed by atoms with Crippen molar-refractivity contribution in [2.75, 3.05) is 0 Å². The molecule has 1 heterocycles. The number of hydrogen-bond donors (Lipinski definition) is 2. The number of carbonyl (C=O) groups is 1. The molecule has 1 aromatic heterocycles. The van der Waals surface area contributed by atoms with Crippen molar-refractivity contribution >= 4 is 6.16 Å². The third kappa shape index (κ3) is 1.28. The van der Waals surface area contributed by atoms with Crippen LogP contribution in [0.25, 0.3) is 0 Å². The van der Waals surface area contributed by atoms with Gasteiger partial charge < -0.3 is 14.8 Å².